The van der Waals surface area contributed by atoms with Crippen molar-refractivity contribution in [2.75, 3.05) is 0 Å². The van der Waals surface area contributed by atoms with Crippen molar-refractivity contribution in [2.24, 2.45) is 0 Å². The molecule has 0 N–H and O–H groups in total. The Morgan fingerprint density at radius 1 is 0.583 bits per heavy atom. The first-order chi connectivity index (χ1) is 17.8. The standard InChI is InChI=1S/C34H24N2/c1-2-32-35-29-19-9-10-20-30(29)36(32)31-21-11-18-28-33(31)24-14-5-8-17-27(24)34(28)25-15-6-3-12-22(25)23-13-4-7-16-26(23)34/h3-21H,2H2,1H3. The average Bonchev–Trinajstić information content (AvgIpc) is 3.57. The minimum absolute atomic E-state index is 0.322. The van der Waals surface area contributed by atoms with Crippen molar-refractivity contribution in [1.82, 2.24) is 9.55 Å². The van der Waals surface area contributed by atoms with Crippen LogP contribution in [-0.4, -0.2) is 9.55 Å². The normalized spacial score (nSPS) is 14.0. The third-order valence-electron chi connectivity index (χ3n) is 8.19. The minimum Gasteiger partial charge on any atom is -0.296 e. The summed E-state index contributed by atoms with van der Waals surface area (Å²) < 4.78 is 2.39. The summed E-state index contributed by atoms with van der Waals surface area (Å²) in [4.78, 5) is 5.01. The Morgan fingerprint density at radius 3 is 1.83 bits per heavy atom. The number of aryl methyl sites for hydroxylation is 1. The van der Waals surface area contributed by atoms with Gasteiger partial charge in [0.25, 0.3) is 0 Å². The van der Waals surface area contributed by atoms with Gasteiger partial charge in [0.15, 0.2) is 0 Å². The second-order valence-electron chi connectivity index (χ2n) is 9.79. The fourth-order valence-electron chi connectivity index (χ4n) is 6.89. The van der Waals surface area contributed by atoms with E-state index in [1.165, 1.54) is 50.2 Å². The monoisotopic (exact) mass is 460 g/mol. The molecule has 36 heavy (non-hydrogen) atoms. The van der Waals surface area contributed by atoms with Crippen molar-refractivity contribution in [3.05, 3.63) is 143 Å². The summed E-state index contributed by atoms with van der Waals surface area (Å²) in [5, 5.41) is 0. The van der Waals surface area contributed by atoms with E-state index in [2.05, 4.69) is 127 Å². The van der Waals surface area contributed by atoms with E-state index >= 15 is 0 Å². The predicted octanol–water partition coefficient (Wildman–Crippen LogP) is 7.93. The van der Waals surface area contributed by atoms with Crippen LogP contribution in [0.15, 0.2) is 115 Å². The van der Waals surface area contributed by atoms with Crippen molar-refractivity contribution in [1.29, 1.82) is 0 Å². The van der Waals surface area contributed by atoms with Crippen LogP contribution in [0, 0.1) is 0 Å². The lowest BCUT2D eigenvalue weighted by Gasteiger charge is -2.30. The van der Waals surface area contributed by atoms with Gasteiger partial charge in [-0.3, -0.25) is 4.57 Å². The van der Waals surface area contributed by atoms with Crippen LogP contribution in [0.1, 0.15) is 35.0 Å². The van der Waals surface area contributed by atoms with Gasteiger partial charge in [-0.2, -0.15) is 0 Å². The van der Waals surface area contributed by atoms with E-state index < -0.39 is 0 Å². The van der Waals surface area contributed by atoms with Crippen molar-refractivity contribution in [2.45, 2.75) is 18.8 Å². The lowest BCUT2D eigenvalue weighted by molar-refractivity contribution is 0.792. The van der Waals surface area contributed by atoms with E-state index in [0.29, 0.717) is 0 Å². The van der Waals surface area contributed by atoms with Crippen LogP contribution in [0.25, 0.3) is 39.0 Å². The van der Waals surface area contributed by atoms with Crippen molar-refractivity contribution < 1.29 is 0 Å². The van der Waals surface area contributed by atoms with Crippen molar-refractivity contribution in [3.63, 3.8) is 0 Å². The van der Waals surface area contributed by atoms with Gasteiger partial charge in [-0.15, -0.1) is 0 Å². The first kappa shape index (κ1) is 19.8. The van der Waals surface area contributed by atoms with E-state index in [9.17, 15) is 0 Å². The topological polar surface area (TPSA) is 17.8 Å². The summed E-state index contributed by atoms with van der Waals surface area (Å²) in [7, 11) is 0. The summed E-state index contributed by atoms with van der Waals surface area (Å²) >= 11 is 0. The van der Waals surface area contributed by atoms with E-state index in [0.717, 1.165) is 23.3 Å². The molecule has 0 atom stereocenters. The summed E-state index contributed by atoms with van der Waals surface area (Å²) in [5.74, 6) is 1.09. The van der Waals surface area contributed by atoms with Gasteiger partial charge in [0.2, 0.25) is 0 Å². The summed E-state index contributed by atoms with van der Waals surface area (Å²) in [6.45, 7) is 2.19. The maximum Gasteiger partial charge on any atom is 0.114 e. The Hall–Kier alpha value is -4.43. The summed E-state index contributed by atoms with van der Waals surface area (Å²) in [6, 6.07) is 42.3. The van der Waals surface area contributed by atoms with Gasteiger partial charge in [0.1, 0.15) is 5.82 Å². The molecule has 2 aliphatic carbocycles. The molecule has 1 heterocycles. The van der Waals surface area contributed by atoms with E-state index in [1.807, 2.05) is 0 Å². The van der Waals surface area contributed by atoms with Gasteiger partial charge < -0.3 is 0 Å². The predicted molar refractivity (Wildman–Crippen MR) is 147 cm³/mol. The van der Waals surface area contributed by atoms with Crippen molar-refractivity contribution >= 4 is 11.0 Å². The van der Waals surface area contributed by atoms with Gasteiger partial charge >= 0.3 is 0 Å². The Morgan fingerprint density at radius 2 is 1.14 bits per heavy atom. The largest absolute Gasteiger partial charge is 0.296 e. The molecule has 0 bridgehead atoms. The molecule has 0 fully saturated rings. The number of benzene rings is 5. The molecule has 0 amide bonds. The zero-order valence-corrected chi connectivity index (χ0v) is 20.1. The highest BCUT2D eigenvalue weighted by molar-refractivity contribution is 5.98. The van der Waals surface area contributed by atoms with Gasteiger partial charge in [0.05, 0.1) is 22.1 Å². The Labute approximate surface area is 210 Å². The van der Waals surface area contributed by atoms with Gasteiger partial charge in [0, 0.05) is 12.0 Å². The van der Waals surface area contributed by atoms with Gasteiger partial charge in [-0.1, -0.05) is 104 Å². The highest BCUT2D eigenvalue weighted by Gasteiger charge is 2.52. The number of aromatic nitrogens is 2. The lowest BCUT2D eigenvalue weighted by Crippen LogP contribution is -2.25. The minimum atomic E-state index is -0.322. The molecule has 1 spiro atoms. The fraction of sp³-hybridized carbons (Fsp3) is 0.0882. The molecule has 6 aromatic rings. The van der Waals surface area contributed by atoms with Crippen LogP contribution in [0.3, 0.4) is 0 Å². The van der Waals surface area contributed by atoms with Crippen LogP contribution in [0.2, 0.25) is 0 Å². The number of imidazole rings is 1. The molecule has 0 radical (unpaired) electrons. The quantitative estimate of drug-likeness (QED) is 0.256. The van der Waals surface area contributed by atoms with Crippen LogP contribution < -0.4 is 0 Å². The molecule has 5 aromatic carbocycles. The number of hydrogen-bond donors (Lipinski definition) is 0. The number of hydrogen-bond acceptors (Lipinski definition) is 1. The van der Waals surface area contributed by atoms with Crippen molar-refractivity contribution in [3.8, 4) is 27.9 Å². The molecule has 0 aliphatic heterocycles. The van der Waals surface area contributed by atoms with Crippen LogP contribution in [-0.2, 0) is 11.8 Å². The SMILES string of the molecule is CCc1nc2ccccc2n1-c1cccc2c1-c1ccccc1C21c2ccccc2-c2ccccc21. The first-order valence-electron chi connectivity index (χ1n) is 12.7. The number of para-hydroxylation sites is 2. The molecule has 2 heteroatoms. The van der Waals surface area contributed by atoms with Gasteiger partial charge in [-0.05, 0) is 57.1 Å². The smallest absolute Gasteiger partial charge is 0.114 e. The molecule has 170 valence electrons. The number of nitrogens with zero attached hydrogens (tertiary/aromatic N) is 2. The third-order valence-corrected chi connectivity index (χ3v) is 8.19. The van der Waals surface area contributed by atoms with Gasteiger partial charge in [-0.25, -0.2) is 4.98 Å². The summed E-state index contributed by atoms with van der Waals surface area (Å²) in [6.07, 6.45) is 0.872. The molecule has 1 aromatic heterocycles. The second-order valence-corrected chi connectivity index (χ2v) is 9.79. The Bertz CT molecular complexity index is 1790. The molecular formula is C34H24N2. The van der Waals surface area contributed by atoms with Crippen LogP contribution >= 0.6 is 0 Å². The molecule has 0 saturated carbocycles. The average molecular weight is 461 g/mol. The van der Waals surface area contributed by atoms with E-state index in [4.69, 9.17) is 4.98 Å². The second kappa shape index (κ2) is 7.05. The van der Waals surface area contributed by atoms with Crippen LogP contribution in [0.4, 0.5) is 0 Å². The molecule has 2 nitrogen and oxygen atoms in total. The molecule has 0 saturated heterocycles. The molecular weight excluding hydrogens is 436 g/mol. The Balaban J connectivity index is 1.56. The zero-order valence-electron chi connectivity index (χ0n) is 20.1. The molecule has 2 aliphatic rings. The molecule has 8 rings (SSSR count). The Kier molecular flexibility index (Phi) is 3.88. The third kappa shape index (κ3) is 2.25. The number of rotatable bonds is 2. The highest BCUT2D eigenvalue weighted by atomic mass is 15.1. The lowest BCUT2D eigenvalue weighted by atomic mass is 9.70. The van der Waals surface area contributed by atoms with E-state index in [-0.39, 0.29) is 5.41 Å². The maximum absolute atomic E-state index is 5.01. The maximum atomic E-state index is 5.01. The number of fused-ring (bicyclic) bond motifs is 11. The zero-order chi connectivity index (χ0) is 23.9. The fourth-order valence-corrected chi connectivity index (χ4v) is 6.89. The first-order valence-corrected chi connectivity index (χ1v) is 12.7. The van der Waals surface area contributed by atoms with Crippen LogP contribution in [0.5, 0.6) is 0 Å². The highest BCUT2D eigenvalue weighted by Crippen LogP contribution is 2.63. The summed E-state index contributed by atoms with van der Waals surface area (Å²) in [5.41, 5.74) is 13.9. The molecule has 0 unspecified atom stereocenters. The van der Waals surface area contributed by atoms with E-state index in [1.54, 1.807) is 0 Å².